The van der Waals surface area contributed by atoms with Crippen LogP contribution in [0.25, 0.3) is 0 Å². The third kappa shape index (κ3) is 3.49. The molecule has 2 unspecified atom stereocenters. The Bertz CT molecular complexity index is 587. The lowest BCUT2D eigenvalue weighted by Crippen LogP contribution is -2.33. The summed E-state index contributed by atoms with van der Waals surface area (Å²) in [6, 6.07) is 4.48. The minimum atomic E-state index is -2.93. The Labute approximate surface area is 119 Å². The summed E-state index contributed by atoms with van der Waals surface area (Å²) in [5, 5.41) is 0. The predicted octanol–water partition coefficient (Wildman–Crippen LogP) is 1.34. The smallest absolute Gasteiger partial charge is 0.152 e. The monoisotopic (exact) mass is 300 g/mol. The van der Waals surface area contributed by atoms with E-state index in [0.29, 0.717) is 12.8 Å². The van der Waals surface area contributed by atoms with E-state index in [4.69, 9.17) is 5.73 Å². The van der Waals surface area contributed by atoms with Gasteiger partial charge in [0.05, 0.1) is 11.5 Å². The third-order valence-electron chi connectivity index (χ3n) is 3.72. The molecule has 1 saturated heterocycles. The van der Waals surface area contributed by atoms with Crippen molar-refractivity contribution in [3.05, 3.63) is 29.6 Å². The molecule has 2 atom stereocenters. The fourth-order valence-electron chi connectivity index (χ4n) is 2.69. The van der Waals surface area contributed by atoms with Crippen LogP contribution in [0, 0.1) is 5.82 Å². The first kappa shape index (κ1) is 15.3. The molecule has 1 heterocycles. The lowest BCUT2D eigenvalue weighted by molar-refractivity contribution is 0.600. The number of nitrogens with two attached hydrogens (primary N) is 1. The summed E-state index contributed by atoms with van der Waals surface area (Å²) in [5.74, 6) is 0.0986. The molecule has 20 heavy (non-hydrogen) atoms. The molecule has 0 aliphatic carbocycles. The molecule has 1 aromatic carbocycles. The van der Waals surface area contributed by atoms with Crippen molar-refractivity contribution in [2.24, 2.45) is 5.73 Å². The first-order chi connectivity index (χ1) is 9.28. The predicted molar refractivity (Wildman–Crippen MR) is 79.2 cm³/mol. The molecule has 2 N–H and O–H groups in total. The lowest BCUT2D eigenvalue weighted by Gasteiger charge is -2.28. The molecule has 4 nitrogen and oxygen atoms in total. The Balaban J connectivity index is 2.27. The lowest BCUT2D eigenvalue weighted by atomic mass is 10.0. The summed E-state index contributed by atoms with van der Waals surface area (Å²) in [6.07, 6.45) is 1.19. The molecule has 0 amide bonds. The Kier molecular flexibility index (Phi) is 4.34. The number of rotatable bonds is 4. The zero-order valence-corrected chi connectivity index (χ0v) is 12.7. The molecular formula is C14H21FN2O2S. The fourth-order valence-corrected chi connectivity index (χ4v) is 4.46. The van der Waals surface area contributed by atoms with E-state index in [1.54, 1.807) is 6.07 Å². The van der Waals surface area contributed by atoms with Crippen LogP contribution in [0.3, 0.4) is 0 Å². The van der Waals surface area contributed by atoms with E-state index < -0.39 is 9.84 Å². The number of nitrogens with zero attached hydrogens (tertiary/aromatic N) is 1. The van der Waals surface area contributed by atoms with Gasteiger partial charge in [0, 0.05) is 24.8 Å². The van der Waals surface area contributed by atoms with Gasteiger partial charge in [0.1, 0.15) is 5.82 Å². The van der Waals surface area contributed by atoms with E-state index >= 15 is 0 Å². The van der Waals surface area contributed by atoms with Gasteiger partial charge in [-0.05, 0) is 43.5 Å². The van der Waals surface area contributed by atoms with Crippen LogP contribution >= 0.6 is 0 Å². The van der Waals surface area contributed by atoms with Gasteiger partial charge in [0.15, 0.2) is 9.84 Å². The highest BCUT2D eigenvalue weighted by Crippen LogP contribution is 2.27. The second-order valence-corrected chi connectivity index (χ2v) is 7.85. The molecule has 0 saturated carbocycles. The molecule has 0 bridgehead atoms. The largest absolute Gasteiger partial charge is 0.370 e. The average Bonchev–Trinajstić information content (AvgIpc) is 2.68. The zero-order chi connectivity index (χ0) is 14.9. The highest BCUT2D eigenvalue weighted by molar-refractivity contribution is 7.91. The Morgan fingerprint density at radius 2 is 2.20 bits per heavy atom. The molecular weight excluding hydrogens is 279 g/mol. The Morgan fingerprint density at radius 3 is 2.75 bits per heavy atom. The van der Waals surface area contributed by atoms with Gasteiger partial charge in [-0.25, -0.2) is 12.8 Å². The van der Waals surface area contributed by atoms with Crippen LogP contribution in [-0.4, -0.2) is 39.1 Å². The summed E-state index contributed by atoms with van der Waals surface area (Å²) in [6.45, 7) is 1.87. The first-order valence-electron chi connectivity index (χ1n) is 6.76. The van der Waals surface area contributed by atoms with Crippen LogP contribution in [0.4, 0.5) is 10.1 Å². The number of hydrogen-bond donors (Lipinski definition) is 1. The molecule has 1 fully saturated rings. The SMILES string of the molecule is CC(N)Cc1cc(F)ccc1N(C)C1CCS(=O)(=O)C1. The van der Waals surface area contributed by atoms with Crippen molar-refractivity contribution >= 4 is 15.5 Å². The second-order valence-electron chi connectivity index (χ2n) is 5.62. The van der Waals surface area contributed by atoms with Crippen LogP contribution in [0.1, 0.15) is 18.9 Å². The number of halogens is 1. The van der Waals surface area contributed by atoms with Gasteiger partial charge in [-0.2, -0.15) is 0 Å². The Morgan fingerprint density at radius 1 is 1.50 bits per heavy atom. The number of benzene rings is 1. The molecule has 1 aliphatic rings. The van der Waals surface area contributed by atoms with Crippen molar-refractivity contribution in [1.29, 1.82) is 0 Å². The topological polar surface area (TPSA) is 63.4 Å². The van der Waals surface area contributed by atoms with Crippen LogP contribution in [0.5, 0.6) is 0 Å². The average molecular weight is 300 g/mol. The van der Waals surface area contributed by atoms with Crippen molar-refractivity contribution in [2.75, 3.05) is 23.5 Å². The summed E-state index contributed by atoms with van der Waals surface area (Å²) in [4.78, 5) is 1.95. The maximum atomic E-state index is 13.4. The molecule has 1 aromatic rings. The van der Waals surface area contributed by atoms with Gasteiger partial charge in [-0.3, -0.25) is 0 Å². The summed E-state index contributed by atoms with van der Waals surface area (Å²) in [7, 11) is -1.07. The summed E-state index contributed by atoms with van der Waals surface area (Å²) in [5.41, 5.74) is 7.50. The minimum absolute atomic E-state index is 0.0442. The van der Waals surface area contributed by atoms with Gasteiger partial charge in [0.25, 0.3) is 0 Å². The molecule has 0 aromatic heterocycles. The van der Waals surface area contributed by atoms with Crippen molar-refractivity contribution in [3.8, 4) is 0 Å². The minimum Gasteiger partial charge on any atom is -0.370 e. The van der Waals surface area contributed by atoms with Crippen LogP contribution in [-0.2, 0) is 16.3 Å². The van der Waals surface area contributed by atoms with E-state index in [1.165, 1.54) is 12.1 Å². The number of hydrogen-bond acceptors (Lipinski definition) is 4. The maximum absolute atomic E-state index is 13.4. The van der Waals surface area contributed by atoms with Crippen molar-refractivity contribution in [2.45, 2.75) is 31.8 Å². The molecule has 0 radical (unpaired) electrons. The molecule has 0 spiro atoms. The van der Waals surface area contributed by atoms with Crippen LogP contribution in [0.15, 0.2) is 18.2 Å². The van der Waals surface area contributed by atoms with Gasteiger partial charge in [-0.1, -0.05) is 0 Å². The Hall–Kier alpha value is -1.14. The van der Waals surface area contributed by atoms with E-state index in [-0.39, 0.29) is 29.4 Å². The second kappa shape index (κ2) is 5.69. The molecule has 1 aliphatic heterocycles. The van der Waals surface area contributed by atoms with Gasteiger partial charge >= 0.3 is 0 Å². The van der Waals surface area contributed by atoms with Crippen molar-refractivity contribution < 1.29 is 12.8 Å². The number of sulfone groups is 1. The third-order valence-corrected chi connectivity index (χ3v) is 5.47. The van der Waals surface area contributed by atoms with Gasteiger partial charge in [0.2, 0.25) is 0 Å². The van der Waals surface area contributed by atoms with Crippen LogP contribution in [0.2, 0.25) is 0 Å². The quantitative estimate of drug-likeness (QED) is 0.911. The number of anilines is 1. The van der Waals surface area contributed by atoms with E-state index in [9.17, 15) is 12.8 Å². The zero-order valence-electron chi connectivity index (χ0n) is 11.8. The molecule has 6 heteroatoms. The van der Waals surface area contributed by atoms with Crippen LogP contribution < -0.4 is 10.6 Å². The summed E-state index contributed by atoms with van der Waals surface area (Å²) >= 11 is 0. The first-order valence-corrected chi connectivity index (χ1v) is 8.58. The summed E-state index contributed by atoms with van der Waals surface area (Å²) < 4.78 is 36.6. The highest BCUT2D eigenvalue weighted by Gasteiger charge is 2.31. The van der Waals surface area contributed by atoms with Gasteiger partial charge < -0.3 is 10.6 Å². The standard InChI is InChI=1S/C14H21FN2O2S/c1-10(16)7-11-8-12(15)3-4-14(11)17(2)13-5-6-20(18,19)9-13/h3-4,8,10,13H,5-7,9,16H2,1-2H3. The molecule has 112 valence electrons. The molecule has 2 rings (SSSR count). The van der Waals surface area contributed by atoms with Crippen molar-refractivity contribution in [1.82, 2.24) is 0 Å². The van der Waals surface area contributed by atoms with Crippen molar-refractivity contribution in [3.63, 3.8) is 0 Å². The van der Waals surface area contributed by atoms with Gasteiger partial charge in [-0.15, -0.1) is 0 Å². The van der Waals surface area contributed by atoms with E-state index in [0.717, 1.165) is 11.3 Å². The van der Waals surface area contributed by atoms with E-state index in [1.807, 2.05) is 18.9 Å². The fraction of sp³-hybridized carbons (Fsp3) is 0.571. The highest BCUT2D eigenvalue weighted by atomic mass is 32.2. The van der Waals surface area contributed by atoms with E-state index in [2.05, 4.69) is 0 Å². The normalized spacial score (nSPS) is 22.7. The maximum Gasteiger partial charge on any atom is 0.152 e.